The summed E-state index contributed by atoms with van der Waals surface area (Å²) in [5.41, 5.74) is 2.09. The van der Waals surface area contributed by atoms with E-state index in [1.165, 1.54) is 11.5 Å². The summed E-state index contributed by atoms with van der Waals surface area (Å²) < 4.78 is 3.84. The number of nitrogens with zero attached hydrogens (tertiary/aromatic N) is 3. The van der Waals surface area contributed by atoms with E-state index >= 15 is 0 Å². The number of nitrogens with one attached hydrogen (secondary N) is 1. The summed E-state index contributed by atoms with van der Waals surface area (Å²) in [4.78, 5) is 4.50. The lowest BCUT2D eigenvalue weighted by Gasteiger charge is -2.12. The van der Waals surface area contributed by atoms with Gasteiger partial charge in [0.1, 0.15) is 5.01 Å². The van der Waals surface area contributed by atoms with Gasteiger partial charge in [0.25, 0.3) is 0 Å². The van der Waals surface area contributed by atoms with Gasteiger partial charge < -0.3 is 5.32 Å². The van der Waals surface area contributed by atoms with Gasteiger partial charge >= 0.3 is 0 Å². The summed E-state index contributed by atoms with van der Waals surface area (Å²) in [6.45, 7) is 4.94. The number of thiazole rings is 1. The highest BCUT2D eigenvalue weighted by Gasteiger charge is 2.12. The minimum absolute atomic E-state index is 0.320. The molecule has 0 spiro atoms. The predicted octanol–water partition coefficient (Wildman–Crippen LogP) is 2.54. The van der Waals surface area contributed by atoms with Crippen molar-refractivity contribution in [3.63, 3.8) is 0 Å². The summed E-state index contributed by atoms with van der Waals surface area (Å²) in [6, 6.07) is 0.320. The minimum atomic E-state index is 0.320. The molecule has 1 atom stereocenters. The van der Waals surface area contributed by atoms with E-state index in [2.05, 4.69) is 32.2 Å². The van der Waals surface area contributed by atoms with Gasteiger partial charge in [-0.05, 0) is 24.9 Å². The van der Waals surface area contributed by atoms with Crippen LogP contribution in [-0.2, 0) is 6.54 Å². The molecule has 86 valence electrons. The van der Waals surface area contributed by atoms with Gasteiger partial charge in [-0.15, -0.1) is 16.4 Å². The highest BCUT2D eigenvalue weighted by atomic mass is 32.1. The van der Waals surface area contributed by atoms with Crippen molar-refractivity contribution in [2.24, 2.45) is 0 Å². The quantitative estimate of drug-likeness (QED) is 0.891. The molecule has 16 heavy (non-hydrogen) atoms. The second-order valence-electron chi connectivity index (χ2n) is 3.57. The Labute approximate surface area is 103 Å². The van der Waals surface area contributed by atoms with Crippen molar-refractivity contribution in [2.45, 2.75) is 32.9 Å². The summed E-state index contributed by atoms with van der Waals surface area (Å²) in [7, 11) is 0. The number of hydrogen-bond acceptors (Lipinski definition) is 6. The highest BCUT2D eigenvalue weighted by Crippen LogP contribution is 2.21. The fourth-order valence-electron chi connectivity index (χ4n) is 1.43. The van der Waals surface area contributed by atoms with Crippen molar-refractivity contribution in [1.29, 1.82) is 0 Å². The van der Waals surface area contributed by atoms with E-state index in [0.717, 1.165) is 29.4 Å². The van der Waals surface area contributed by atoms with E-state index in [1.807, 2.05) is 12.3 Å². The van der Waals surface area contributed by atoms with Crippen LogP contribution < -0.4 is 5.32 Å². The van der Waals surface area contributed by atoms with Gasteiger partial charge in [0.15, 0.2) is 0 Å². The lowest BCUT2D eigenvalue weighted by Crippen LogP contribution is -2.20. The molecule has 1 unspecified atom stereocenters. The normalized spacial score (nSPS) is 12.9. The van der Waals surface area contributed by atoms with Gasteiger partial charge in [-0.3, -0.25) is 0 Å². The van der Waals surface area contributed by atoms with Crippen LogP contribution in [0.2, 0.25) is 0 Å². The van der Waals surface area contributed by atoms with Crippen LogP contribution in [0.5, 0.6) is 0 Å². The van der Waals surface area contributed by atoms with Crippen molar-refractivity contribution < 1.29 is 0 Å². The largest absolute Gasteiger partial charge is 0.302 e. The van der Waals surface area contributed by atoms with E-state index in [4.69, 9.17) is 0 Å². The second kappa shape index (κ2) is 5.47. The summed E-state index contributed by atoms with van der Waals surface area (Å²) in [6.07, 6.45) is 1.03. The summed E-state index contributed by atoms with van der Waals surface area (Å²) in [5, 5.41) is 12.7. The van der Waals surface area contributed by atoms with Crippen LogP contribution in [0.4, 0.5) is 0 Å². The molecule has 0 aliphatic heterocycles. The van der Waals surface area contributed by atoms with Gasteiger partial charge in [0.2, 0.25) is 0 Å². The molecule has 2 aromatic heterocycles. The van der Waals surface area contributed by atoms with Gasteiger partial charge in [-0.1, -0.05) is 11.4 Å². The highest BCUT2D eigenvalue weighted by molar-refractivity contribution is 7.09. The topological polar surface area (TPSA) is 50.7 Å². The molecule has 1 N–H and O–H groups in total. The monoisotopic (exact) mass is 254 g/mol. The van der Waals surface area contributed by atoms with Crippen LogP contribution in [0, 0.1) is 6.92 Å². The smallest absolute Gasteiger partial charge is 0.110 e. The third-order valence-corrected chi connectivity index (χ3v) is 3.91. The molecule has 0 aromatic carbocycles. The molecular formula is C10H14N4S2. The van der Waals surface area contributed by atoms with E-state index in [1.54, 1.807) is 11.3 Å². The maximum atomic E-state index is 4.50. The molecule has 0 aliphatic carbocycles. The lowest BCUT2D eigenvalue weighted by molar-refractivity contribution is 0.511. The van der Waals surface area contributed by atoms with Crippen LogP contribution in [0.1, 0.15) is 35.8 Å². The Balaban J connectivity index is 1.96. The Morgan fingerprint density at radius 2 is 2.31 bits per heavy atom. The van der Waals surface area contributed by atoms with Crippen LogP contribution in [0.25, 0.3) is 0 Å². The third-order valence-electron chi connectivity index (χ3n) is 2.28. The summed E-state index contributed by atoms with van der Waals surface area (Å²) >= 11 is 3.10. The lowest BCUT2D eigenvalue weighted by atomic mass is 10.2. The van der Waals surface area contributed by atoms with Gasteiger partial charge in [0, 0.05) is 23.0 Å². The molecule has 6 heteroatoms. The second-order valence-corrected chi connectivity index (χ2v) is 5.06. The Morgan fingerprint density at radius 1 is 1.44 bits per heavy atom. The number of hydrogen-bond donors (Lipinski definition) is 1. The van der Waals surface area contributed by atoms with Crippen molar-refractivity contribution in [2.75, 3.05) is 0 Å². The fourth-order valence-corrected chi connectivity index (χ4v) is 2.83. The van der Waals surface area contributed by atoms with E-state index < -0.39 is 0 Å². The summed E-state index contributed by atoms with van der Waals surface area (Å²) in [5.74, 6) is 0. The SMILES string of the molecule is CCC(NCc1csnn1)c1nc(C)cs1. The van der Waals surface area contributed by atoms with Crippen LogP contribution >= 0.6 is 22.9 Å². The molecule has 2 aromatic rings. The molecule has 0 aliphatic rings. The first-order chi connectivity index (χ1) is 7.79. The maximum Gasteiger partial charge on any atom is 0.110 e. The zero-order valence-corrected chi connectivity index (χ0v) is 10.9. The Bertz CT molecular complexity index is 424. The molecule has 0 saturated carbocycles. The zero-order chi connectivity index (χ0) is 11.4. The molecule has 2 heterocycles. The average Bonchev–Trinajstić information content (AvgIpc) is 2.91. The predicted molar refractivity (Wildman–Crippen MR) is 66.6 cm³/mol. The Kier molecular flexibility index (Phi) is 3.98. The van der Waals surface area contributed by atoms with E-state index in [9.17, 15) is 0 Å². The Hall–Kier alpha value is -0.850. The zero-order valence-electron chi connectivity index (χ0n) is 9.30. The van der Waals surface area contributed by atoms with Crippen LogP contribution in [0.15, 0.2) is 10.8 Å². The first kappa shape index (κ1) is 11.6. The first-order valence-corrected chi connectivity index (χ1v) is 6.92. The van der Waals surface area contributed by atoms with Gasteiger partial charge in [-0.2, -0.15) is 0 Å². The number of aromatic nitrogens is 3. The van der Waals surface area contributed by atoms with E-state index in [0.29, 0.717) is 6.04 Å². The molecule has 0 fully saturated rings. The van der Waals surface area contributed by atoms with Crippen molar-refractivity contribution >= 4 is 22.9 Å². The van der Waals surface area contributed by atoms with Gasteiger partial charge in [-0.25, -0.2) is 4.98 Å². The van der Waals surface area contributed by atoms with Crippen molar-refractivity contribution in [1.82, 2.24) is 19.9 Å². The standard InChI is InChI=1S/C10H14N4S2/c1-3-9(10-12-7(2)5-15-10)11-4-8-6-16-14-13-8/h5-6,9,11H,3-4H2,1-2H3. The number of aryl methyl sites for hydroxylation is 1. The number of rotatable bonds is 5. The Morgan fingerprint density at radius 3 is 2.88 bits per heavy atom. The molecule has 4 nitrogen and oxygen atoms in total. The molecular weight excluding hydrogens is 240 g/mol. The minimum Gasteiger partial charge on any atom is -0.302 e. The molecule has 0 bridgehead atoms. The molecule has 0 radical (unpaired) electrons. The van der Waals surface area contributed by atoms with Crippen LogP contribution in [0.3, 0.4) is 0 Å². The average molecular weight is 254 g/mol. The third kappa shape index (κ3) is 2.84. The van der Waals surface area contributed by atoms with Crippen LogP contribution in [-0.4, -0.2) is 14.6 Å². The van der Waals surface area contributed by atoms with Crippen molar-refractivity contribution in [3.05, 3.63) is 27.2 Å². The van der Waals surface area contributed by atoms with Crippen molar-refractivity contribution in [3.8, 4) is 0 Å². The van der Waals surface area contributed by atoms with E-state index in [-0.39, 0.29) is 0 Å². The van der Waals surface area contributed by atoms with Gasteiger partial charge in [0.05, 0.1) is 11.7 Å². The molecule has 2 rings (SSSR count). The molecule has 0 saturated heterocycles. The fraction of sp³-hybridized carbons (Fsp3) is 0.500. The maximum absolute atomic E-state index is 4.50. The first-order valence-electron chi connectivity index (χ1n) is 5.21. The molecule has 0 amide bonds.